The number of methoxy groups -OCH3 is 1. The van der Waals surface area contributed by atoms with Crippen molar-refractivity contribution in [2.75, 3.05) is 25.0 Å². The van der Waals surface area contributed by atoms with Gasteiger partial charge in [0.1, 0.15) is 23.9 Å². The van der Waals surface area contributed by atoms with E-state index < -0.39 is 10.0 Å². The fourth-order valence-electron chi connectivity index (χ4n) is 2.94. The third kappa shape index (κ3) is 6.11. The van der Waals surface area contributed by atoms with E-state index in [0.717, 1.165) is 5.56 Å². The molecule has 0 aliphatic rings. The first-order valence-electron chi connectivity index (χ1n) is 10.3. The van der Waals surface area contributed by atoms with E-state index in [-0.39, 0.29) is 47.3 Å². The Morgan fingerprint density at radius 3 is 2.39 bits per heavy atom. The zero-order valence-electron chi connectivity index (χ0n) is 18.9. The Hall–Kier alpha value is -3.37. The molecule has 2 N–H and O–H groups in total. The van der Waals surface area contributed by atoms with Crippen LogP contribution in [0.4, 0.5) is 5.82 Å². The van der Waals surface area contributed by atoms with Gasteiger partial charge in [-0.15, -0.1) is 0 Å². The smallest absolute Gasteiger partial charge is 0.263 e. The molecular formula is C23H27N3O6S. The minimum atomic E-state index is -3.99. The predicted molar refractivity (Wildman–Crippen MR) is 124 cm³/mol. The summed E-state index contributed by atoms with van der Waals surface area (Å²) >= 11 is 0. The van der Waals surface area contributed by atoms with Crippen LogP contribution in [0.15, 0.2) is 53.4 Å². The first kappa shape index (κ1) is 24.3. The van der Waals surface area contributed by atoms with E-state index in [9.17, 15) is 13.5 Å². The number of aryl methyl sites for hydroxylation is 1. The number of sulfonamides is 1. The lowest BCUT2D eigenvalue weighted by atomic mass is 10.0. The van der Waals surface area contributed by atoms with E-state index in [0.29, 0.717) is 11.5 Å². The van der Waals surface area contributed by atoms with Gasteiger partial charge in [-0.3, -0.25) is 4.72 Å². The Kier molecular flexibility index (Phi) is 7.72. The first-order valence-corrected chi connectivity index (χ1v) is 11.8. The fourth-order valence-corrected chi connectivity index (χ4v) is 3.94. The summed E-state index contributed by atoms with van der Waals surface area (Å²) in [7, 11) is -2.47. The minimum absolute atomic E-state index is 0.00720. The molecular weight excluding hydrogens is 446 g/mol. The molecule has 2 aromatic carbocycles. The molecule has 0 spiro atoms. The fraction of sp³-hybridized carbons (Fsp3) is 0.304. The van der Waals surface area contributed by atoms with Gasteiger partial charge in [0.25, 0.3) is 15.9 Å². The Bertz CT molecular complexity index is 1200. The highest BCUT2D eigenvalue weighted by Crippen LogP contribution is 2.38. The van der Waals surface area contributed by atoms with E-state index in [1.807, 2.05) is 13.8 Å². The highest BCUT2D eigenvalue weighted by molar-refractivity contribution is 7.92. The molecule has 3 rings (SSSR count). The van der Waals surface area contributed by atoms with E-state index in [2.05, 4.69) is 14.7 Å². The lowest BCUT2D eigenvalue weighted by molar-refractivity contribution is 0.192. The Labute approximate surface area is 193 Å². The van der Waals surface area contributed by atoms with Gasteiger partial charge in [0.05, 0.1) is 18.6 Å². The molecule has 0 unspecified atom stereocenters. The van der Waals surface area contributed by atoms with Crippen molar-refractivity contribution in [2.45, 2.75) is 31.6 Å². The van der Waals surface area contributed by atoms with Crippen LogP contribution < -0.4 is 18.9 Å². The van der Waals surface area contributed by atoms with Gasteiger partial charge in [-0.1, -0.05) is 32.0 Å². The molecule has 1 aromatic heterocycles. The van der Waals surface area contributed by atoms with Crippen LogP contribution in [0.3, 0.4) is 0 Å². The minimum Gasteiger partial charge on any atom is -0.497 e. The summed E-state index contributed by atoms with van der Waals surface area (Å²) in [5.41, 5.74) is 1.02. The highest BCUT2D eigenvalue weighted by Gasteiger charge is 2.23. The summed E-state index contributed by atoms with van der Waals surface area (Å²) in [6.07, 6.45) is 0. The van der Waals surface area contributed by atoms with Gasteiger partial charge in [-0.25, -0.2) is 13.4 Å². The molecule has 0 fully saturated rings. The molecule has 0 amide bonds. The molecule has 10 heteroatoms. The van der Waals surface area contributed by atoms with Crippen LogP contribution in [0, 0.1) is 6.92 Å². The number of aliphatic hydroxyl groups is 1. The number of aliphatic hydroxyl groups excluding tert-OH is 1. The maximum Gasteiger partial charge on any atom is 0.263 e. The maximum atomic E-state index is 13.1. The van der Waals surface area contributed by atoms with Crippen molar-refractivity contribution >= 4 is 15.8 Å². The SMILES string of the molecule is COc1cccc(Oc2c(NS(=O)(=O)c3ccc(C(C)C)cc3)nc(C)nc2OCCO)c1. The third-order valence-corrected chi connectivity index (χ3v) is 5.98. The number of benzene rings is 2. The molecule has 0 aliphatic heterocycles. The largest absolute Gasteiger partial charge is 0.497 e. The molecule has 0 atom stereocenters. The van der Waals surface area contributed by atoms with E-state index in [4.69, 9.17) is 14.2 Å². The first-order chi connectivity index (χ1) is 15.7. The Morgan fingerprint density at radius 2 is 1.76 bits per heavy atom. The molecule has 9 nitrogen and oxygen atoms in total. The molecule has 176 valence electrons. The number of rotatable bonds is 10. The summed E-state index contributed by atoms with van der Waals surface area (Å²) in [4.78, 5) is 8.52. The summed E-state index contributed by atoms with van der Waals surface area (Å²) in [6.45, 7) is 5.33. The number of anilines is 1. The number of nitrogens with zero attached hydrogens (tertiary/aromatic N) is 2. The van der Waals surface area contributed by atoms with Crippen molar-refractivity contribution in [3.8, 4) is 23.1 Å². The standard InChI is InChI=1S/C23H27N3O6S/c1-15(2)17-8-10-20(11-9-17)33(28,29)26-22-21(23(31-13-12-27)25-16(3)24-22)32-19-7-5-6-18(14-19)30-4/h5-11,14-15,27H,12-13H2,1-4H3,(H,24,25,26). The average Bonchev–Trinajstić information content (AvgIpc) is 2.79. The Balaban J connectivity index is 2.02. The molecule has 0 aliphatic carbocycles. The quantitative estimate of drug-likeness (QED) is 0.455. The normalized spacial score (nSPS) is 11.3. The van der Waals surface area contributed by atoms with Crippen molar-refractivity contribution in [1.29, 1.82) is 0 Å². The van der Waals surface area contributed by atoms with Crippen molar-refractivity contribution in [2.24, 2.45) is 0 Å². The topological polar surface area (TPSA) is 120 Å². The van der Waals surface area contributed by atoms with Gasteiger partial charge in [0.2, 0.25) is 5.75 Å². The number of hydrogen-bond acceptors (Lipinski definition) is 8. The van der Waals surface area contributed by atoms with Gasteiger partial charge < -0.3 is 19.3 Å². The predicted octanol–water partition coefficient (Wildman–Crippen LogP) is 3.88. The zero-order valence-corrected chi connectivity index (χ0v) is 19.7. The molecule has 0 bridgehead atoms. The summed E-state index contributed by atoms with van der Waals surface area (Å²) in [5, 5.41) is 9.17. The number of ether oxygens (including phenoxy) is 3. The van der Waals surface area contributed by atoms with Crippen molar-refractivity contribution in [1.82, 2.24) is 9.97 Å². The summed E-state index contributed by atoms with van der Waals surface area (Å²) < 4.78 is 45.3. The molecule has 1 heterocycles. The Morgan fingerprint density at radius 1 is 1.06 bits per heavy atom. The van der Waals surface area contributed by atoms with Crippen LogP contribution in [-0.4, -0.2) is 43.8 Å². The second-order valence-electron chi connectivity index (χ2n) is 7.44. The monoisotopic (exact) mass is 473 g/mol. The second kappa shape index (κ2) is 10.5. The van der Waals surface area contributed by atoms with Crippen LogP contribution in [0.5, 0.6) is 23.1 Å². The van der Waals surface area contributed by atoms with Crippen molar-refractivity contribution < 1.29 is 27.7 Å². The third-order valence-electron chi connectivity index (χ3n) is 4.63. The summed E-state index contributed by atoms with van der Waals surface area (Å²) in [6, 6.07) is 13.4. The van der Waals surface area contributed by atoms with Crippen LogP contribution >= 0.6 is 0 Å². The van der Waals surface area contributed by atoms with Crippen LogP contribution in [0.2, 0.25) is 0 Å². The average molecular weight is 474 g/mol. The molecule has 0 saturated carbocycles. The van der Waals surface area contributed by atoms with Crippen LogP contribution in [0.1, 0.15) is 31.2 Å². The van der Waals surface area contributed by atoms with Crippen molar-refractivity contribution in [3.63, 3.8) is 0 Å². The van der Waals surface area contributed by atoms with Gasteiger partial charge in [0, 0.05) is 6.07 Å². The van der Waals surface area contributed by atoms with Gasteiger partial charge in [-0.05, 0) is 42.7 Å². The molecule has 3 aromatic rings. The maximum absolute atomic E-state index is 13.1. The second-order valence-corrected chi connectivity index (χ2v) is 9.12. The lowest BCUT2D eigenvalue weighted by Crippen LogP contribution is -2.16. The molecule has 0 saturated heterocycles. The van der Waals surface area contributed by atoms with E-state index in [1.165, 1.54) is 19.2 Å². The van der Waals surface area contributed by atoms with E-state index >= 15 is 0 Å². The van der Waals surface area contributed by atoms with Crippen LogP contribution in [-0.2, 0) is 10.0 Å². The van der Waals surface area contributed by atoms with Gasteiger partial charge in [0.15, 0.2) is 5.82 Å². The van der Waals surface area contributed by atoms with E-state index in [1.54, 1.807) is 43.3 Å². The number of hydrogen-bond donors (Lipinski definition) is 2. The molecule has 33 heavy (non-hydrogen) atoms. The van der Waals surface area contributed by atoms with Gasteiger partial charge >= 0.3 is 0 Å². The number of aromatic nitrogens is 2. The molecule has 0 radical (unpaired) electrons. The zero-order chi connectivity index (χ0) is 24.0. The number of nitrogens with one attached hydrogen (secondary N) is 1. The highest BCUT2D eigenvalue weighted by atomic mass is 32.2. The van der Waals surface area contributed by atoms with Gasteiger partial charge in [-0.2, -0.15) is 4.98 Å². The van der Waals surface area contributed by atoms with Crippen molar-refractivity contribution in [3.05, 3.63) is 59.9 Å². The van der Waals surface area contributed by atoms with Crippen LogP contribution in [0.25, 0.3) is 0 Å². The lowest BCUT2D eigenvalue weighted by Gasteiger charge is -2.17. The summed E-state index contributed by atoms with van der Waals surface area (Å²) in [5.74, 6) is 1.30.